The van der Waals surface area contributed by atoms with Gasteiger partial charge in [-0.05, 0) is 48.5 Å². The van der Waals surface area contributed by atoms with Gasteiger partial charge in [-0.2, -0.15) is 5.10 Å². The Morgan fingerprint density at radius 1 is 1.63 bits per heavy atom. The van der Waals surface area contributed by atoms with Gasteiger partial charge >= 0.3 is 0 Å². The Balaban J connectivity index is 1.97. The molecule has 1 atom stereocenters. The SMILES string of the molecule is CC(C)n1ncc(NCCC2CCOC2)c(Br)c1=O. The molecule has 0 aromatic carbocycles. The summed E-state index contributed by atoms with van der Waals surface area (Å²) < 4.78 is 7.37. The summed E-state index contributed by atoms with van der Waals surface area (Å²) in [5.74, 6) is 0.635. The molecule has 0 amide bonds. The standard InChI is InChI=1S/C13H20BrN3O2/c1-9(2)17-13(18)12(14)11(7-16-17)15-5-3-10-4-6-19-8-10/h7,9-10,15H,3-6,8H2,1-2H3. The Morgan fingerprint density at radius 2 is 2.42 bits per heavy atom. The second-order valence-corrected chi connectivity index (χ2v) is 5.95. The van der Waals surface area contributed by atoms with Gasteiger partial charge in [0.05, 0.1) is 17.9 Å². The summed E-state index contributed by atoms with van der Waals surface area (Å²) in [4.78, 5) is 12.0. The molecule has 106 valence electrons. The van der Waals surface area contributed by atoms with Crippen LogP contribution >= 0.6 is 15.9 Å². The molecule has 6 heteroatoms. The molecule has 0 aliphatic carbocycles. The van der Waals surface area contributed by atoms with Gasteiger partial charge in [0.15, 0.2) is 0 Å². The molecule has 5 nitrogen and oxygen atoms in total. The van der Waals surface area contributed by atoms with Gasteiger partial charge in [0.1, 0.15) is 4.47 Å². The molecular formula is C13H20BrN3O2. The largest absolute Gasteiger partial charge is 0.383 e. The fourth-order valence-electron chi connectivity index (χ4n) is 2.16. The molecule has 19 heavy (non-hydrogen) atoms. The van der Waals surface area contributed by atoms with Crippen molar-refractivity contribution in [2.24, 2.45) is 5.92 Å². The third-order valence-corrected chi connectivity index (χ3v) is 4.09. The average molecular weight is 330 g/mol. The average Bonchev–Trinajstić information content (AvgIpc) is 2.87. The first kappa shape index (κ1) is 14.5. The van der Waals surface area contributed by atoms with Crippen molar-refractivity contribution in [3.63, 3.8) is 0 Å². The van der Waals surface area contributed by atoms with Crippen LogP contribution in [0, 0.1) is 5.92 Å². The third kappa shape index (κ3) is 3.57. The number of anilines is 1. The highest BCUT2D eigenvalue weighted by molar-refractivity contribution is 9.10. The highest BCUT2D eigenvalue weighted by Gasteiger charge is 2.15. The lowest BCUT2D eigenvalue weighted by Gasteiger charge is -2.13. The summed E-state index contributed by atoms with van der Waals surface area (Å²) in [7, 11) is 0. The van der Waals surface area contributed by atoms with Crippen molar-refractivity contribution in [2.75, 3.05) is 25.1 Å². The molecule has 0 spiro atoms. The van der Waals surface area contributed by atoms with Gasteiger partial charge in [-0.3, -0.25) is 4.79 Å². The molecule has 1 saturated heterocycles. The molecule has 1 aromatic heterocycles. The van der Waals surface area contributed by atoms with Crippen LogP contribution in [0.4, 0.5) is 5.69 Å². The molecule has 1 aliphatic heterocycles. The predicted octanol–water partition coefficient (Wildman–Crippen LogP) is 2.43. The van der Waals surface area contributed by atoms with Crippen LogP contribution in [0.5, 0.6) is 0 Å². The summed E-state index contributed by atoms with van der Waals surface area (Å²) in [6.45, 7) is 6.44. The fourth-order valence-corrected chi connectivity index (χ4v) is 2.58. The first-order valence-corrected chi connectivity index (χ1v) is 7.48. The zero-order chi connectivity index (χ0) is 13.8. The van der Waals surface area contributed by atoms with E-state index in [4.69, 9.17) is 4.74 Å². The van der Waals surface area contributed by atoms with Gasteiger partial charge in [0.2, 0.25) is 0 Å². The summed E-state index contributed by atoms with van der Waals surface area (Å²) in [5.41, 5.74) is 0.671. The van der Waals surface area contributed by atoms with Crippen LogP contribution in [0.2, 0.25) is 0 Å². The van der Waals surface area contributed by atoms with Gasteiger partial charge < -0.3 is 10.1 Å². The first-order chi connectivity index (χ1) is 9.09. The predicted molar refractivity (Wildman–Crippen MR) is 78.6 cm³/mol. The molecule has 1 unspecified atom stereocenters. The minimum absolute atomic E-state index is 0.0634. The summed E-state index contributed by atoms with van der Waals surface area (Å²) >= 11 is 3.35. The summed E-state index contributed by atoms with van der Waals surface area (Å²) in [5, 5.41) is 7.44. The lowest BCUT2D eigenvalue weighted by Crippen LogP contribution is -2.26. The minimum Gasteiger partial charge on any atom is -0.383 e. The van der Waals surface area contributed by atoms with E-state index in [1.165, 1.54) is 4.68 Å². The lowest BCUT2D eigenvalue weighted by atomic mass is 10.1. The van der Waals surface area contributed by atoms with E-state index in [-0.39, 0.29) is 11.6 Å². The van der Waals surface area contributed by atoms with Crippen molar-refractivity contribution in [1.82, 2.24) is 9.78 Å². The second-order valence-electron chi connectivity index (χ2n) is 5.16. The van der Waals surface area contributed by atoms with E-state index in [0.29, 0.717) is 10.4 Å². The first-order valence-electron chi connectivity index (χ1n) is 6.68. The Kier molecular flexibility index (Phi) is 4.99. The number of halogens is 1. The zero-order valence-corrected chi connectivity index (χ0v) is 12.9. The van der Waals surface area contributed by atoms with E-state index in [9.17, 15) is 4.79 Å². The number of hydrogen-bond donors (Lipinski definition) is 1. The van der Waals surface area contributed by atoms with Crippen molar-refractivity contribution < 1.29 is 4.74 Å². The Morgan fingerprint density at radius 3 is 3.05 bits per heavy atom. The zero-order valence-electron chi connectivity index (χ0n) is 11.4. The van der Waals surface area contributed by atoms with Crippen LogP contribution in [0.1, 0.15) is 32.7 Å². The Labute approximate surface area is 121 Å². The number of nitrogens with one attached hydrogen (secondary N) is 1. The number of nitrogens with zero attached hydrogens (tertiary/aromatic N) is 2. The fraction of sp³-hybridized carbons (Fsp3) is 0.692. The molecule has 2 heterocycles. The maximum atomic E-state index is 12.0. The van der Waals surface area contributed by atoms with E-state index >= 15 is 0 Å². The van der Waals surface area contributed by atoms with Crippen molar-refractivity contribution in [3.8, 4) is 0 Å². The Hall–Kier alpha value is -0.880. The van der Waals surface area contributed by atoms with Gasteiger partial charge in [-0.25, -0.2) is 4.68 Å². The van der Waals surface area contributed by atoms with Crippen molar-refractivity contribution >= 4 is 21.6 Å². The van der Waals surface area contributed by atoms with Gasteiger partial charge in [0, 0.05) is 19.8 Å². The number of rotatable bonds is 5. The highest BCUT2D eigenvalue weighted by Crippen LogP contribution is 2.19. The minimum atomic E-state index is -0.0933. The lowest BCUT2D eigenvalue weighted by molar-refractivity contribution is 0.185. The summed E-state index contributed by atoms with van der Waals surface area (Å²) in [6.07, 6.45) is 3.90. The molecule has 1 aromatic rings. The van der Waals surface area contributed by atoms with Crippen LogP contribution in [0.25, 0.3) is 0 Å². The van der Waals surface area contributed by atoms with Gasteiger partial charge in [-0.15, -0.1) is 0 Å². The van der Waals surface area contributed by atoms with Crippen LogP contribution in [0.15, 0.2) is 15.5 Å². The molecule has 1 aliphatic rings. The molecule has 2 rings (SSSR count). The second kappa shape index (κ2) is 6.52. The molecule has 0 bridgehead atoms. The van der Waals surface area contributed by atoms with E-state index in [0.717, 1.165) is 38.3 Å². The van der Waals surface area contributed by atoms with E-state index in [2.05, 4.69) is 26.3 Å². The maximum absolute atomic E-state index is 12.0. The van der Waals surface area contributed by atoms with Crippen molar-refractivity contribution in [1.29, 1.82) is 0 Å². The number of aromatic nitrogens is 2. The van der Waals surface area contributed by atoms with Crippen LogP contribution in [-0.2, 0) is 4.74 Å². The van der Waals surface area contributed by atoms with E-state index < -0.39 is 0 Å². The van der Waals surface area contributed by atoms with Crippen molar-refractivity contribution in [2.45, 2.75) is 32.7 Å². The third-order valence-electron chi connectivity index (χ3n) is 3.32. The van der Waals surface area contributed by atoms with E-state index in [1.54, 1.807) is 6.20 Å². The van der Waals surface area contributed by atoms with Crippen LogP contribution in [-0.4, -0.2) is 29.5 Å². The molecule has 0 radical (unpaired) electrons. The summed E-state index contributed by atoms with van der Waals surface area (Å²) in [6, 6.07) is 0.0634. The molecular weight excluding hydrogens is 310 g/mol. The van der Waals surface area contributed by atoms with Crippen LogP contribution < -0.4 is 10.9 Å². The normalized spacial score (nSPS) is 19.1. The van der Waals surface area contributed by atoms with E-state index in [1.807, 2.05) is 13.8 Å². The molecule has 1 N–H and O–H groups in total. The Bertz CT molecular complexity index is 481. The van der Waals surface area contributed by atoms with Crippen LogP contribution in [0.3, 0.4) is 0 Å². The molecule has 0 saturated carbocycles. The number of ether oxygens (including phenoxy) is 1. The smallest absolute Gasteiger partial charge is 0.283 e. The van der Waals surface area contributed by atoms with Crippen molar-refractivity contribution in [3.05, 3.63) is 21.0 Å². The maximum Gasteiger partial charge on any atom is 0.283 e. The monoisotopic (exact) mass is 329 g/mol. The van der Waals surface area contributed by atoms with Gasteiger partial charge in [-0.1, -0.05) is 0 Å². The molecule has 1 fully saturated rings. The van der Waals surface area contributed by atoms with Gasteiger partial charge in [0.25, 0.3) is 5.56 Å². The topological polar surface area (TPSA) is 56.1 Å². The quantitative estimate of drug-likeness (QED) is 0.901. The number of hydrogen-bond acceptors (Lipinski definition) is 4. The highest BCUT2D eigenvalue weighted by atomic mass is 79.9.